The smallest absolute Gasteiger partial charge is 0.336 e. The Hall–Kier alpha value is -3.78. The van der Waals surface area contributed by atoms with Gasteiger partial charge in [0.05, 0.1) is 11.2 Å². The minimum atomic E-state index is -0.449. The molecule has 3 aromatic heterocycles. The van der Waals surface area contributed by atoms with E-state index in [1.165, 1.54) is 20.5 Å². The van der Waals surface area contributed by atoms with Crippen LogP contribution in [-0.4, -0.2) is 19.3 Å². The minimum absolute atomic E-state index is 0.0665. The lowest BCUT2D eigenvalue weighted by molar-refractivity contribution is 0.370. The second kappa shape index (κ2) is 7.48. The summed E-state index contributed by atoms with van der Waals surface area (Å²) < 4.78 is 8.62. The molecule has 0 saturated heterocycles. The van der Waals surface area contributed by atoms with Gasteiger partial charge < -0.3 is 4.52 Å². The summed E-state index contributed by atoms with van der Waals surface area (Å²) in [6.45, 7) is 4.01. The van der Waals surface area contributed by atoms with Gasteiger partial charge in [-0.15, -0.1) is 11.3 Å². The van der Waals surface area contributed by atoms with Crippen LogP contribution in [0.25, 0.3) is 27.3 Å². The number of benzene rings is 2. The van der Waals surface area contributed by atoms with E-state index in [-0.39, 0.29) is 12.1 Å². The molecule has 0 aliphatic carbocycles. The molecule has 7 nitrogen and oxygen atoms in total. The first-order valence-corrected chi connectivity index (χ1v) is 10.6. The highest BCUT2D eigenvalue weighted by Crippen LogP contribution is 2.20. The van der Waals surface area contributed by atoms with Crippen LogP contribution >= 0.6 is 11.3 Å². The quantitative estimate of drug-likeness (QED) is 0.431. The number of rotatable bonds is 4. The molecular weight excluding hydrogens is 412 g/mol. The fourth-order valence-corrected chi connectivity index (χ4v) is 4.34. The maximum absolute atomic E-state index is 13.4. The third-order valence-electron chi connectivity index (χ3n) is 5.08. The number of thiophene rings is 1. The predicted octanol–water partition coefficient (Wildman–Crippen LogP) is 3.93. The van der Waals surface area contributed by atoms with E-state index in [2.05, 4.69) is 10.1 Å². The Kier molecular flexibility index (Phi) is 4.63. The van der Waals surface area contributed by atoms with E-state index in [0.717, 1.165) is 16.7 Å². The first-order valence-electron chi connectivity index (χ1n) is 9.71. The van der Waals surface area contributed by atoms with Crippen molar-refractivity contribution in [3.05, 3.63) is 97.8 Å². The van der Waals surface area contributed by atoms with E-state index < -0.39 is 5.69 Å². The van der Waals surface area contributed by atoms with Crippen molar-refractivity contribution in [3.8, 4) is 17.1 Å². The molecule has 0 saturated carbocycles. The van der Waals surface area contributed by atoms with E-state index in [4.69, 9.17) is 4.52 Å². The Labute approximate surface area is 180 Å². The van der Waals surface area contributed by atoms with E-state index in [9.17, 15) is 9.59 Å². The molecule has 0 aliphatic rings. The van der Waals surface area contributed by atoms with Crippen molar-refractivity contribution in [2.24, 2.45) is 0 Å². The molecule has 0 atom stereocenters. The molecule has 0 fully saturated rings. The molecule has 0 spiro atoms. The van der Waals surface area contributed by atoms with Crippen LogP contribution in [0, 0.1) is 13.8 Å². The predicted molar refractivity (Wildman–Crippen MR) is 120 cm³/mol. The van der Waals surface area contributed by atoms with Gasteiger partial charge in [0.1, 0.15) is 11.2 Å². The van der Waals surface area contributed by atoms with Gasteiger partial charge in [0.2, 0.25) is 11.7 Å². The molecule has 8 heteroatoms. The second-order valence-corrected chi connectivity index (χ2v) is 8.28. The maximum atomic E-state index is 13.4. The van der Waals surface area contributed by atoms with Crippen LogP contribution < -0.4 is 11.2 Å². The van der Waals surface area contributed by atoms with E-state index >= 15 is 0 Å². The number of hydrogen-bond acceptors (Lipinski definition) is 6. The molecule has 0 bridgehead atoms. The lowest BCUT2D eigenvalue weighted by Gasteiger charge is -2.11. The maximum Gasteiger partial charge on any atom is 0.336 e. The monoisotopic (exact) mass is 430 g/mol. The Balaban J connectivity index is 1.62. The number of hydrogen-bond donors (Lipinski definition) is 0. The summed E-state index contributed by atoms with van der Waals surface area (Å²) in [4.78, 5) is 30.8. The van der Waals surface area contributed by atoms with Gasteiger partial charge in [0, 0.05) is 5.56 Å². The summed E-state index contributed by atoms with van der Waals surface area (Å²) in [5.41, 5.74) is 3.27. The van der Waals surface area contributed by atoms with E-state index in [0.29, 0.717) is 27.6 Å². The highest BCUT2D eigenvalue weighted by atomic mass is 32.1. The Morgan fingerprint density at radius 1 is 1.00 bits per heavy atom. The van der Waals surface area contributed by atoms with Crippen LogP contribution in [0.5, 0.6) is 0 Å². The molecule has 0 amide bonds. The fourth-order valence-electron chi connectivity index (χ4n) is 3.52. The molecule has 5 aromatic rings. The Bertz CT molecular complexity index is 1520. The molecule has 0 unspecified atom stereocenters. The van der Waals surface area contributed by atoms with E-state index in [1.54, 1.807) is 23.6 Å². The Morgan fingerprint density at radius 3 is 2.58 bits per heavy atom. The van der Waals surface area contributed by atoms with Crippen LogP contribution in [0.1, 0.15) is 17.0 Å². The van der Waals surface area contributed by atoms with Crippen molar-refractivity contribution < 1.29 is 4.52 Å². The summed E-state index contributed by atoms with van der Waals surface area (Å²) in [6.07, 6.45) is 0. The number of aromatic nitrogens is 4. The lowest BCUT2D eigenvalue weighted by atomic mass is 10.1. The van der Waals surface area contributed by atoms with Gasteiger partial charge in [-0.25, -0.2) is 9.36 Å². The molecule has 0 N–H and O–H groups in total. The van der Waals surface area contributed by atoms with Gasteiger partial charge in [-0.3, -0.25) is 9.36 Å². The van der Waals surface area contributed by atoms with Crippen molar-refractivity contribution in [3.63, 3.8) is 0 Å². The van der Waals surface area contributed by atoms with Crippen molar-refractivity contribution in [1.82, 2.24) is 19.3 Å². The first-order chi connectivity index (χ1) is 15.0. The summed E-state index contributed by atoms with van der Waals surface area (Å²) in [5.74, 6) is 0.750. The van der Waals surface area contributed by atoms with Crippen molar-refractivity contribution in [2.45, 2.75) is 20.4 Å². The molecule has 5 rings (SSSR count). The lowest BCUT2D eigenvalue weighted by Crippen LogP contribution is -2.38. The molecule has 3 heterocycles. The zero-order chi connectivity index (χ0) is 21.5. The largest absolute Gasteiger partial charge is 0.337 e. The van der Waals surface area contributed by atoms with Crippen LogP contribution in [0.2, 0.25) is 0 Å². The first kappa shape index (κ1) is 19.2. The van der Waals surface area contributed by atoms with Crippen LogP contribution in [0.4, 0.5) is 0 Å². The topological polar surface area (TPSA) is 82.9 Å². The third kappa shape index (κ3) is 3.40. The van der Waals surface area contributed by atoms with Crippen LogP contribution in [0.3, 0.4) is 0 Å². The number of aryl methyl sites for hydroxylation is 2. The fraction of sp³-hybridized carbons (Fsp3) is 0.130. The average Bonchev–Trinajstić information content (AvgIpc) is 3.42. The van der Waals surface area contributed by atoms with Crippen molar-refractivity contribution in [2.75, 3.05) is 0 Å². The average molecular weight is 430 g/mol. The number of nitrogens with zero attached hydrogens (tertiary/aromatic N) is 4. The van der Waals surface area contributed by atoms with Gasteiger partial charge in [-0.2, -0.15) is 4.98 Å². The Morgan fingerprint density at radius 2 is 1.81 bits per heavy atom. The summed E-state index contributed by atoms with van der Waals surface area (Å²) >= 11 is 1.30. The second-order valence-electron chi connectivity index (χ2n) is 7.36. The van der Waals surface area contributed by atoms with Gasteiger partial charge in [0.25, 0.3) is 5.56 Å². The highest BCUT2D eigenvalue weighted by Gasteiger charge is 2.18. The summed E-state index contributed by atoms with van der Waals surface area (Å²) in [5, 5.41) is 5.86. The molecule has 31 heavy (non-hydrogen) atoms. The molecule has 154 valence electrons. The van der Waals surface area contributed by atoms with Gasteiger partial charge in [-0.1, -0.05) is 46.6 Å². The zero-order valence-electron chi connectivity index (χ0n) is 16.9. The molecule has 2 aromatic carbocycles. The van der Waals surface area contributed by atoms with Crippen molar-refractivity contribution >= 4 is 21.6 Å². The van der Waals surface area contributed by atoms with Crippen LogP contribution in [0.15, 0.2) is 74.1 Å². The highest BCUT2D eigenvalue weighted by molar-refractivity contribution is 7.17. The van der Waals surface area contributed by atoms with E-state index in [1.807, 2.05) is 50.2 Å². The zero-order valence-corrected chi connectivity index (χ0v) is 17.7. The number of fused-ring (bicyclic) bond motifs is 1. The third-order valence-corrected chi connectivity index (χ3v) is 5.98. The van der Waals surface area contributed by atoms with Gasteiger partial charge in [0.15, 0.2) is 0 Å². The summed E-state index contributed by atoms with van der Waals surface area (Å²) in [7, 11) is 0. The SMILES string of the molecule is Cc1ccc(-n2c(=O)c3sccc3n(Cc3nc(-c4cccc(C)c4)no3)c2=O)cc1. The standard InChI is InChI=1S/C23H18N4O3S/c1-14-6-8-17(9-7-14)27-22(28)20-18(10-11-31-20)26(23(27)29)13-19-24-21(25-30-19)16-5-3-4-15(2)12-16/h3-12H,13H2,1-2H3. The molecule has 0 radical (unpaired) electrons. The normalized spacial score (nSPS) is 11.3. The van der Waals surface area contributed by atoms with Crippen LogP contribution in [-0.2, 0) is 6.54 Å². The van der Waals surface area contributed by atoms with Gasteiger partial charge in [-0.05, 0) is 43.5 Å². The van der Waals surface area contributed by atoms with Gasteiger partial charge >= 0.3 is 5.69 Å². The molecule has 0 aliphatic heterocycles. The minimum Gasteiger partial charge on any atom is -0.337 e. The van der Waals surface area contributed by atoms with Crippen molar-refractivity contribution in [1.29, 1.82) is 0 Å². The molecular formula is C23H18N4O3S. The summed E-state index contributed by atoms with van der Waals surface area (Å²) in [6, 6.07) is 16.8.